The summed E-state index contributed by atoms with van der Waals surface area (Å²) in [4.78, 5) is 47.3. The van der Waals surface area contributed by atoms with E-state index in [1.165, 1.54) is 22.8 Å². The molecule has 3 aromatic rings. The van der Waals surface area contributed by atoms with E-state index in [-0.39, 0.29) is 25.2 Å². The second kappa shape index (κ2) is 11.6. The predicted molar refractivity (Wildman–Crippen MR) is 146 cm³/mol. The Morgan fingerprint density at radius 2 is 1.82 bits per heavy atom. The van der Waals surface area contributed by atoms with E-state index >= 15 is 4.39 Å². The van der Waals surface area contributed by atoms with Gasteiger partial charge in [0.25, 0.3) is 0 Å². The molecule has 5 rings (SSSR count). The smallest absolute Gasteiger partial charge is 0.416 e. The Hall–Kier alpha value is -4.67. The zero-order valence-electron chi connectivity index (χ0n) is 22.3. The molecule has 0 aliphatic carbocycles. The quantitative estimate of drug-likeness (QED) is 0.458. The number of nitrogens with zero attached hydrogens (tertiary/aromatic N) is 5. The number of carbonyl (C=O) groups excluding carboxylic acids is 3. The van der Waals surface area contributed by atoms with Crippen molar-refractivity contribution in [1.82, 2.24) is 14.8 Å². The van der Waals surface area contributed by atoms with Crippen molar-refractivity contribution in [1.29, 1.82) is 0 Å². The SMILES string of the molecule is CC(=O)N(C)[C@@H]1CN(c2ccc(-c3ccc(N4CCN(C(=O)OCc5ccccc5)CC4)nc3)c(F)c2)C(=O)O1. The number of halogens is 1. The third-order valence-corrected chi connectivity index (χ3v) is 7.11. The summed E-state index contributed by atoms with van der Waals surface area (Å²) >= 11 is 0. The van der Waals surface area contributed by atoms with Gasteiger partial charge < -0.3 is 24.2 Å². The highest BCUT2D eigenvalue weighted by atomic mass is 19.1. The van der Waals surface area contributed by atoms with Crippen LogP contribution in [0.25, 0.3) is 11.1 Å². The number of aromatic nitrogens is 1. The van der Waals surface area contributed by atoms with Crippen LogP contribution in [0.3, 0.4) is 0 Å². The minimum Gasteiger partial charge on any atom is -0.445 e. The van der Waals surface area contributed by atoms with E-state index in [1.807, 2.05) is 36.4 Å². The molecule has 0 bridgehead atoms. The topological polar surface area (TPSA) is 95.5 Å². The van der Waals surface area contributed by atoms with Gasteiger partial charge in [-0.3, -0.25) is 9.69 Å². The number of amides is 3. The van der Waals surface area contributed by atoms with Gasteiger partial charge in [0.05, 0.1) is 12.2 Å². The average molecular weight is 548 g/mol. The van der Waals surface area contributed by atoms with Crippen molar-refractivity contribution < 1.29 is 28.2 Å². The molecule has 1 atom stereocenters. The number of likely N-dealkylation sites (N-methyl/N-ethyl adjacent to an activating group) is 1. The first-order valence-corrected chi connectivity index (χ1v) is 13.0. The van der Waals surface area contributed by atoms with Crippen LogP contribution in [-0.4, -0.2) is 78.9 Å². The van der Waals surface area contributed by atoms with E-state index in [0.29, 0.717) is 43.0 Å². The highest BCUT2D eigenvalue weighted by Crippen LogP contribution is 2.30. The van der Waals surface area contributed by atoms with Crippen molar-refractivity contribution in [3.05, 3.63) is 78.2 Å². The fourth-order valence-electron chi connectivity index (χ4n) is 4.63. The maximum absolute atomic E-state index is 15.1. The van der Waals surface area contributed by atoms with E-state index in [0.717, 1.165) is 11.4 Å². The lowest BCUT2D eigenvalue weighted by Gasteiger charge is -2.34. The first-order chi connectivity index (χ1) is 19.3. The normalized spacial score (nSPS) is 17.0. The first-order valence-electron chi connectivity index (χ1n) is 13.0. The summed E-state index contributed by atoms with van der Waals surface area (Å²) in [5, 5.41) is 0. The number of ether oxygens (including phenoxy) is 2. The number of anilines is 2. The number of piperazine rings is 1. The monoisotopic (exact) mass is 547 g/mol. The fraction of sp³-hybridized carbons (Fsp3) is 0.310. The number of hydrogen-bond acceptors (Lipinski definition) is 7. The van der Waals surface area contributed by atoms with Crippen LogP contribution in [0.5, 0.6) is 0 Å². The molecule has 10 nitrogen and oxygen atoms in total. The van der Waals surface area contributed by atoms with Crippen LogP contribution in [0.4, 0.5) is 25.5 Å². The molecule has 208 valence electrons. The molecule has 2 aliphatic heterocycles. The standard InChI is InChI=1S/C29H30FN5O5/c1-20(36)32(2)27-18-35(29(38)40-27)23-9-10-24(25(30)16-23)22-8-11-26(31-17-22)33-12-14-34(15-13-33)28(37)39-19-21-6-4-3-5-7-21/h3-11,16-17,27H,12-15,18-19H2,1-2H3/t27-/m0/s1. The Labute approximate surface area is 231 Å². The van der Waals surface area contributed by atoms with Crippen LogP contribution in [0, 0.1) is 5.82 Å². The molecule has 2 aliphatic rings. The predicted octanol–water partition coefficient (Wildman–Crippen LogP) is 4.11. The number of carbonyl (C=O) groups is 3. The zero-order chi connectivity index (χ0) is 28.2. The molecule has 3 amide bonds. The minimum absolute atomic E-state index is 0.113. The summed E-state index contributed by atoms with van der Waals surface area (Å²) in [6.07, 6.45) is -0.1000. The number of cyclic esters (lactones) is 1. The summed E-state index contributed by atoms with van der Waals surface area (Å²) < 4.78 is 25.8. The Balaban J connectivity index is 1.17. The van der Waals surface area contributed by atoms with E-state index in [2.05, 4.69) is 9.88 Å². The number of rotatable bonds is 6. The lowest BCUT2D eigenvalue weighted by Crippen LogP contribution is -2.49. The number of hydrogen-bond donors (Lipinski definition) is 0. The van der Waals surface area contributed by atoms with Crippen LogP contribution in [-0.2, 0) is 20.9 Å². The van der Waals surface area contributed by atoms with Crippen molar-refractivity contribution in [2.45, 2.75) is 19.8 Å². The molecular formula is C29H30FN5O5. The minimum atomic E-state index is -0.730. The zero-order valence-corrected chi connectivity index (χ0v) is 22.3. The molecule has 0 saturated carbocycles. The van der Waals surface area contributed by atoms with Crippen molar-refractivity contribution in [3.63, 3.8) is 0 Å². The summed E-state index contributed by atoms with van der Waals surface area (Å²) in [5.41, 5.74) is 2.22. The van der Waals surface area contributed by atoms with E-state index in [4.69, 9.17) is 9.47 Å². The van der Waals surface area contributed by atoms with Gasteiger partial charge in [0, 0.05) is 57.5 Å². The second-order valence-electron chi connectivity index (χ2n) is 9.66. The summed E-state index contributed by atoms with van der Waals surface area (Å²) in [7, 11) is 1.55. The second-order valence-corrected chi connectivity index (χ2v) is 9.66. The largest absolute Gasteiger partial charge is 0.445 e. The molecule has 2 fully saturated rings. The van der Waals surface area contributed by atoms with E-state index < -0.39 is 18.1 Å². The van der Waals surface area contributed by atoms with Crippen LogP contribution < -0.4 is 9.80 Å². The van der Waals surface area contributed by atoms with Crippen molar-refractivity contribution >= 4 is 29.6 Å². The van der Waals surface area contributed by atoms with Gasteiger partial charge >= 0.3 is 12.2 Å². The van der Waals surface area contributed by atoms with Gasteiger partial charge in [-0.1, -0.05) is 30.3 Å². The van der Waals surface area contributed by atoms with Gasteiger partial charge in [0.1, 0.15) is 18.2 Å². The Bertz CT molecular complexity index is 1380. The highest BCUT2D eigenvalue weighted by Gasteiger charge is 2.36. The Morgan fingerprint density at radius 3 is 2.48 bits per heavy atom. The first kappa shape index (κ1) is 26.9. The summed E-state index contributed by atoms with van der Waals surface area (Å²) in [6.45, 7) is 3.95. The van der Waals surface area contributed by atoms with Gasteiger partial charge in [-0.25, -0.2) is 19.0 Å². The van der Waals surface area contributed by atoms with Crippen LogP contribution in [0.1, 0.15) is 12.5 Å². The third kappa shape index (κ3) is 5.83. The van der Waals surface area contributed by atoms with Crippen molar-refractivity contribution in [2.24, 2.45) is 0 Å². The molecule has 2 aromatic carbocycles. The van der Waals surface area contributed by atoms with Crippen molar-refractivity contribution in [3.8, 4) is 11.1 Å². The molecule has 2 saturated heterocycles. The average Bonchev–Trinajstić information content (AvgIpc) is 3.37. The maximum atomic E-state index is 15.1. The van der Waals surface area contributed by atoms with Gasteiger partial charge in [-0.05, 0) is 35.9 Å². The number of benzene rings is 2. The Morgan fingerprint density at radius 1 is 1.07 bits per heavy atom. The molecule has 0 radical (unpaired) electrons. The summed E-state index contributed by atoms with van der Waals surface area (Å²) in [6, 6.07) is 17.7. The fourth-order valence-corrected chi connectivity index (χ4v) is 4.63. The lowest BCUT2D eigenvalue weighted by molar-refractivity contribution is -0.134. The molecule has 40 heavy (non-hydrogen) atoms. The molecule has 0 N–H and O–H groups in total. The van der Waals surface area contributed by atoms with Crippen LogP contribution >= 0.6 is 0 Å². The molecular weight excluding hydrogens is 517 g/mol. The maximum Gasteiger partial charge on any atom is 0.416 e. The summed E-state index contributed by atoms with van der Waals surface area (Å²) in [5.74, 6) is -0.00951. The molecule has 0 unspecified atom stereocenters. The van der Waals surface area contributed by atoms with Gasteiger partial charge in [0.15, 0.2) is 6.23 Å². The number of pyridine rings is 1. The molecule has 11 heteroatoms. The lowest BCUT2D eigenvalue weighted by atomic mass is 10.1. The van der Waals surface area contributed by atoms with Crippen molar-refractivity contribution in [2.75, 3.05) is 49.6 Å². The molecule has 0 spiro atoms. The van der Waals surface area contributed by atoms with Crippen LogP contribution in [0.2, 0.25) is 0 Å². The van der Waals surface area contributed by atoms with Gasteiger partial charge in [0.2, 0.25) is 5.91 Å². The van der Waals surface area contributed by atoms with E-state index in [9.17, 15) is 14.4 Å². The Kier molecular flexibility index (Phi) is 7.81. The highest BCUT2D eigenvalue weighted by molar-refractivity contribution is 5.90. The van der Waals surface area contributed by atoms with Gasteiger partial charge in [-0.2, -0.15) is 0 Å². The van der Waals surface area contributed by atoms with E-state index in [1.54, 1.807) is 36.3 Å². The van der Waals surface area contributed by atoms with Gasteiger partial charge in [-0.15, -0.1) is 0 Å². The third-order valence-electron chi connectivity index (χ3n) is 7.11. The van der Waals surface area contributed by atoms with Crippen LogP contribution in [0.15, 0.2) is 66.9 Å². The molecule has 3 heterocycles. The molecule has 1 aromatic heterocycles.